The summed E-state index contributed by atoms with van der Waals surface area (Å²) in [7, 11) is -4.11. The molecule has 0 unspecified atom stereocenters. The van der Waals surface area contributed by atoms with E-state index in [-0.39, 0.29) is 62.4 Å². The molecular weight excluding hydrogens is 237 g/mol. The number of hydrogen-bond donors (Lipinski definition) is 1. The van der Waals surface area contributed by atoms with Gasteiger partial charge in [-0.1, -0.05) is 18.2 Å². The first-order valence-corrected chi connectivity index (χ1v) is 5.77. The van der Waals surface area contributed by atoms with Crippen molar-refractivity contribution in [2.24, 2.45) is 0 Å². The molecule has 0 saturated heterocycles. The van der Waals surface area contributed by atoms with Gasteiger partial charge in [-0.15, -0.1) is 0 Å². The summed E-state index contributed by atoms with van der Waals surface area (Å²) < 4.78 is 32.8. The van der Waals surface area contributed by atoms with Gasteiger partial charge in [-0.2, -0.15) is 0 Å². The van der Waals surface area contributed by atoms with Gasteiger partial charge in [-0.05, 0) is 12.1 Å². The van der Waals surface area contributed by atoms with Gasteiger partial charge >= 0.3 is 51.4 Å². The van der Waals surface area contributed by atoms with Crippen LogP contribution in [0, 0.1) is 0 Å². The van der Waals surface area contributed by atoms with E-state index in [0.717, 1.165) is 0 Å². The van der Waals surface area contributed by atoms with Crippen molar-refractivity contribution in [2.45, 2.75) is 0 Å². The zero-order valence-electron chi connectivity index (χ0n) is 6.93. The molecule has 0 aliphatic heterocycles. The summed E-state index contributed by atoms with van der Waals surface area (Å²) in [6, 6.07) is 8.60. The minimum Gasteiger partial charge on any atom is -0.738 e. The number of benzene rings is 1. The van der Waals surface area contributed by atoms with E-state index < -0.39 is 9.15 Å². The summed E-state index contributed by atoms with van der Waals surface area (Å²) in [5, 5.41) is 0. The first-order chi connectivity index (χ1) is 5.58. The average molecular weight is 243 g/mol. The number of nitrogens with one attached hydrogen (secondary N) is 1. The summed E-state index contributed by atoms with van der Waals surface area (Å²) in [6.07, 6.45) is 0. The third-order valence-corrected chi connectivity index (χ3v) is 2.42. The second-order valence-electron chi connectivity index (χ2n) is 1.96. The Morgan fingerprint density at radius 3 is 2.23 bits per heavy atom. The van der Waals surface area contributed by atoms with Gasteiger partial charge in [0.15, 0.2) is 9.15 Å². The summed E-state index contributed by atoms with van der Waals surface area (Å²) in [5.74, 6) is 0. The van der Waals surface area contributed by atoms with Crippen molar-refractivity contribution >= 4 is 25.8 Å². The number of anilines is 1. The Balaban J connectivity index is 0.00000144. The molecule has 0 aliphatic carbocycles. The number of para-hydroxylation sites is 1. The fourth-order valence-electron chi connectivity index (χ4n) is 0.605. The summed E-state index contributed by atoms with van der Waals surface area (Å²) in [5.41, 5.74) is 0.585. The molecule has 1 rings (SSSR count). The quantitative estimate of drug-likeness (QED) is 0.294. The molecule has 0 spiro atoms. The molecule has 0 atom stereocenters. The van der Waals surface area contributed by atoms with E-state index in [9.17, 15) is 13.0 Å². The molecule has 0 saturated carbocycles. The standard InChI is InChI=1S/C6H7NO3S2.K/c8-12(9,10)11-7-6-4-2-1-3-5-6;/h1-5,7H,(H,8,9,10);/q;+1/p-1. The van der Waals surface area contributed by atoms with E-state index in [1.54, 1.807) is 30.3 Å². The number of rotatable bonds is 3. The van der Waals surface area contributed by atoms with Crippen LogP contribution in [-0.4, -0.2) is 13.0 Å². The van der Waals surface area contributed by atoms with Gasteiger partial charge < -0.3 is 9.27 Å². The topological polar surface area (TPSA) is 69.2 Å². The molecule has 0 aromatic heterocycles. The maximum absolute atomic E-state index is 10.1. The van der Waals surface area contributed by atoms with E-state index in [4.69, 9.17) is 0 Å². The predicted molar refractivity (Wildman–Crippen MR) is 47.4 cm³/mol. The van der Waals surface area contributed by atoms with Crippen molar-refractivity contribution in [3.63, 3.8) is 0 Å². The van der Waals surface area contributed by atoms with E-state index >= 15 is 0 Å². The first-order valence-electron chi connectivity index (χ1n) is 3.03. The van der Waals surface area contributed by atoms with Gasteiger partial charge in [-0.3, -0.25) is 0 Å². The second-order valence-corrected chi connectivity index (χ2v) is 4.87. The second kappa shape index (κ2) is 6.41. The Bertz CT molecular complexity index is 340. The van der Waals surface area contributed by atoms with Gasteiger partial charge in [0.2, 0.25) is 0 Å². The molecule has 0 bridgehead atoms. The van der Waals surface area contributed by atoms with E-state index in [0.29, 0.717) is 5.69 Å². The van der Waals surface area contributed by atoms with Crippen LogP contribution in [0.1, 0.15) is 0 Å². The fraction of sp³-hybridized carbons (Fsp3) is 0. The van der Waals surface area contributed by atoms with Crippen LogP contribution < -0.4 is 56.1 Å². The minimum absolute atomic E-state index is 0. The Morgan fingerprint density at radius 1 is 1.23 bits per heavy atom. The van der Waals surface area contributed by atoms with Crippen molar-refractivity contribution in [1.29, 1.82) is 0 Å². The maximum Gasteiger partial charge on any atom is 1.00 e. The van der Waals surface area contributed by atoms with Crippen LogP contribution >= 0.6 is 11.0 Å². The van der Waals surface area contributed by atoms with Crippen LogP contribution in [0.2, 0.25) is 0 Å². The normalized spacial score (nSPS) is 10.2. The monoisotopic (exact) mass is 243 g/mol. The zero-order valence-corrected chi connectivity index (χ0v) is 11.7. The molecule has 66 valence electrons. The van der Waals surface area contributed by atoms with Gasteiger partial charge in [0, 0.05) is 5.69 Å². The van der Waals surface area contributed by atoms with Crippen LogP contribution in [0.3, 0.4) is 0 Å². The van der Waals surface area contributed by atoms with Gasteiger partial charge in [0.05, 0.1) is 11.0 Å². The van der Waals surface area contributed by atoms with Crippen LogP contribution in [0.15, 0.2) is 30.3 Å². The van der Waals surface area contributed by atoms with Crippen LogP contribution in [-0.2, 0) is 9.15 Å². The van der Waals surface area contributed by atoms with Crippen molar-refractivity contribution in [2.75, 3.05) is 4.72 Å². The molecule has 13 heavy (non-hydrogen) atoms. The first kappa shape index (κ1) is 13.9. The van der Waals surface area contributed by atoms with Crippen molar-refractivity contribution in [3.8, 4) is 0 Å². The van der Waals surface area contributed by atoms with Gasteiger partial charge in [0.1, 0.15) is 0 Å². The van der Waals surface area contributed by atoms with Gasteiger partial charge in [0.25, 0.3) is 0 Å². The summed E-state index contributed by atoms with van der Waals surface area (Å²) in [4.78, 5) is 0. The third-order valence-electron chi connectivity index (χ3n) is 1.04. The van der Waals surface area contributed by atoms with Crippen LogP contribution in [0.5, 0.6) is 0 Å². The molecule has 0 fully saturated rings. The molecule has 0 amide bonds. The molecule has 0 radical (unpaired) electrons. The SMILES string of the molecule is O=S(=O)([O-])SNc1ccccc1.[K+]. The van der Waals surface area contributed by atoms with Crippen molar-refractivity contribution in [3.05, 3.63) is 30.3 Å². The average Bonchev–Trinajstić information content (AvgIpc) is 2.02. The molecule has 1 N–H and O–H groups in total. The molecule has 1 aromatic carbocycles. The molecule has 0 aliphatic rings. The van der Waals surface area contributed by atoms with Crippen molar-refractivity contribution in [1.82, 2.24) is 0 Å². The van der Waals surface area contributed by atoms with E-state index in [1.807, 2.05) is 0 Å². The number of hydrogen-bond acceptors (Lipinski definition) is 5. The molecular formula is C6H6KNO3S2. The van der Waals surface area contributed by atoms with Crippen LogP contribution in [0.25, 0.3) is 0 Å². The molecule has 1 aromatic rings. The summed E-state index contributed by atoms with van der Waals surface area (Å²) >= 11 is 0. The fourth-order valence-corrected chi connectivity index (χ4v) is 1.53. The summed E-state index contributed by atoms with van der Waals surface area (Å²) in [6.45, 7) is 0. The van der Waals surface area contributed by atoms with E-state index in [1.165, 1.54) is 0 Å². The van der Waals surface area contributed by atoms with Gasteiger partial charge in [-0.25, -0.2) is 8.42 Å². The minimum atomic E-state index is -4.27. The molecule has 0 heterocycles. The molecule has 4 nitrogen and oxygen atoms in total. The van der Waals surface area contributed by atoms with Crippen LogP contribution in [0.4, 0.5) is 5.69 Å². The zero-order chi connectivity index (χ0) is 9.03. The Kier molecular flexibility index (Phi) is 6.86. The third kappa shape index (κ3) is 6.92. The smallest absolute Gasteiger partial charge is 0.738 e. The Morgan fingerprint density at radius 2 is 1.77 bits per heavy atom. The van der Waals surface area contributed by atoms with Crippen molar-refractivity contribution < 1.29 is 64.4 Å². The predicted octanol–water partition coefficient (Wildman–Crippen LogP) is -1.79. The Hall–Kier alpha value is 0.916. The maximum atomic E-state index is 10.1. The van der Waals surface area contributed by atoms with E-state index in [2.05, 4.69) is 4.72 Å². The molecule has 7 heteroatoms. The Labute approximate surface area is 123 Å². The largest absolute Gasteiger partial charge is 1.00 e.